The normalized spacial score (nSPS) is 14.5. The third-order valence-electron chi connectivity index (χ3n) is 5.47. The molecule has 162 valence electrons. The van der Waals surface area contributed by atoms with Gasteiger partial charge in [0.25, 0.3) is 0 Å². The summed E-state index contributed by atoms with van der Waals surface area (Å²) < 4.78 is 19.2. The molecule has 0 unspecified atom stereocenters. The lowest BCUT2D eigenvalue weighted by Gasteiger charge is -2.26. The Kier molecular flexibility index (Phi) is 6.79. The van der Waals surface area contributed by atoms with E-state index in [-0.39, 0.29) is 11.6 Å². The van der Waals surface area contributed by atoms with Crippen molar-refractivity contribution in [3.8, 4) is 28.1 Å². The van der Waals surface area contributed by atoms with E-state index in [0.29, 0.717) is 17.1 Å². The zero-order valence-electron chi connectivity index (χ0n) is 17.8. The van der Waals surface area contributed by atoms with Gasteiger partial charge in [-0.15, -0.1) is 0 Å². The number of nitrogens with one attached hydrogen (secondary N) is 1. The summed E-state index contributed by atoms with van der Waals surface area (Å²) in [5.41, 5.74) is 3.97. The SMILES string of the molecule is Cc1ccc(O)c(-c2cc(-c3cccc(F)c3)cc(NCCCN3CCOCC3)n2)c1. The van der Waals surface area contributed by atoms with Gasteiger partial charge in [-0.25, -0.2) is 9.37 Å². The number of hydrogen-bond acceptors (Lipinski definition) is 5. The van der Waals surface area contributed by atoms with Gasteiger partial charge in [-0.05, 0) is 67.4 Å². The quantitative estimate of drug-likeness (QED) is 0.542. The number of aromatic nitrogens is 1. The molecule has 2 aromatic carbocycles. The maximum absolute atomic E-state index is 13.8. The number of phenolic OH excluding ortho intramolecular Hbond substituents is 1. The molecule has 2 heterocycles. The summed E-state index contributed by atoms with van der Waals surface area (Å²) in [6, 6.07) is 15.8. The van der Waals surface area contributed by atoms with Crippen LogP contribution < -0.4 is 5.32 Å². The average Bonchev–Trinajstić information content (AvgIpc) is 2.79. The van der Waals surface area contributed by atoms with Gasteiger partial charge in [0, 0.05) is 25.2 Å². The summed E-state index contributed by atoms with van der Waals surface area (Å²) >= 11 is 0. The van der Waals surface area contributed by atoms with E-state index in [1.165, 1.54) is 12.1 Å². The number of benzene rings is 2. The predicted octanol–water partition coefficient (Wildman–Crippen LogP) is 4.70. The van der Waals surface area contributed by atoms with Crippen LogP contribution in [-0.2, 0) is 4.74 Å². The molecule has 1 aromatic heterocycles. The van der Waals surface area contributed by atoms with Crippen molar-refractivity contribution < 1.29 is 14.2 Å². The molecular weight excluding hydrogens is 393 g/mol. The van der Waals surface area contributed by atoms with E-state index in [1.807, 2.05) is 37.3 Å². The smallest absolute Gasteiger partial charge is 0.127 e. The molecule has 3 aromatic rings. The Hall–Kier alpha value is -2.96. The average molecular weight is 422 g/mol. The van der Waals surface area contributed by atoms with Crippen LogP contribution in [-0.4, -0.2) is 54.4 Å². The first-order valence-corrected chi connectivity index (χ1v) is 10.7. The van der Waals surface area contributed by atoms with Crippen LogP contribution in [0.3, 0.4) is 0 Å². The number of aryl methyl sites for hydroxylation is 1. The molecule has 0 saturated carbocycles. The first-order chi connectivity index (χ1) is 15.1. The van der Waals surface area contributed by atoms with Crippen LogP contribution in [0.1, 0.15) is 12.0 Å². The molecule has 0 spiro atoms. The highest BCUT2D eigenvalue weighted by Gasteiger charge is 2.12. The van der Waals surface area contributed by atoms with E-state index < -0.39 is 0 Å². The second-order valence-electron chi connectivity index (χ2n) is 7.89. The van der Waals surface area contributed by atoms with Gasteiger partial charge in [0.2, 0.25) is 0 Å². The molecule has 0 amide bonds. The number of anilines is 1. The number of phenols is 1. The van der Waals surface area contributed by atoms with Crippen molar-refractivity contribution in [2.45, 2.75) is 13.3 Å². The van der Waals surface area contributed by atoms with Crippen LogP contribution in [0.25, 0.3) is 22.4 Å². The molecule has 0 aliphatic carbocycles. The van der Waals surface area contributed by atoms with Crippen LogP contribution in [0.4, 0.5) is 10.2 Å². The van der Waals surface area contributed by atoms with Crippen LogP contribution in [0, 0.1) is 12.7 Å². The van der Waals surface area contributed by atoms with Gasteiger partial charge in [0.05, 0.1) is 18.9 Å². The zero-order chi connectivity index (χ0) is 21.6. The number of pyridine rings is 1. The summed E-state index contributed by atoms with van der Waals surface area (Å²) in [5, 5.41) is 13.8. The maximum atomic E-state index is 13.8. The lowest BCUT2D eigenvalue weighted by molar-refractivity contribution is 0.0378. The van der Waals surface area contributed by atoms with E-state index in [1.54, 1.807) is 12.1 Å². The largest absolute Gasteiger partial charge is 0.507 e. The monoisotopic (exact) mass is 421 g/mol. The minimum atomic E-state index is -0.283. The fraction of sp³-hybridized carbons (Fsp3) is 0.320. The number of morpholine rings is 1. The molecule has 0 atom stereocenters. The number of ether oxygens (including phenoxy) is 1. The Labute approximate surface area is 182 Å². The third kappa shape index (κ3) is 5.60. The summed E-state index contributed by atoms with van der Waals surface area (Å²) in [6.07, 6.45) is 0.983. The highest BCUT2D eigenvalue weighted by atomic mass is 19.1. The van der Waals surface area contributed by atoms with Gasteiger partial charge in [-0.2, -0.15) is 0 Å². The second kappa shape index (κ2) is 9.90. The van der Waals surface area contributed by atoms with Gasteiger partial charge >= 0.3 is 0 Å². The molecule has 4 rings (SSSR count). The molecule has 5 nitrogen and oxygen atoms in total. The number of aromatic hydroxyl groups is 1. The number of rotatable bonds is 7. The molecule has 6 heteroatoms. The van der Waals surface area contributed by atoms with E-state index >= 15 is 0 Å². The van der Waals surface area contributed by atoms with Gasteiger partial charge in [-0.1, -0.05) is 23.8 Å². The lowest BCUT2D eigenvalue weighted by Crippen LogP contribution is -2.37. The summed E-state index contributed by atoms with van der Waals surface area (Å²) in [4.78, 5) is 7.14. The van der Waals surface area contributed by atoms with Crippen molar-refractivity contribution in [1.29, 1.82) is 0 Å². The Balaban J connectivity index is 1.57. The van der Waals surface area contributed by atoms with E-state index in [4.69, 9.17) is 9.72 Å². The second-order valence-corrected chi connectivity index (χ2v) is 7.89. The molecule has 31 heavy (non-hydrogen) atoms. The number of nitrogens with zero attached hydrogens (tertiary/aromatic N) is 2. The Morgan fingerprint density at radius 3 is 2.71 bits per heavy atom. The molecule has 0 bridgehead atoms. The summed E-state index contributed by atoms with van der Waals surface area (Å²) in [6.45, 7) is 7.31. The van der Waals surface area contributed by atoms with E-state index in [2.05, 4.69) is 10.2 Å². The molecule has 0 radical (unpaired) electrons. The minimum absolute atomic E-state index is 0.174. The summed E-state index contributed by atoms with van der Waals surface area (Å²) in [7, 11) is 0. The minimum Gasteiger partial charge on any atom is -0.507 e. The molecule has 1 aliphatic heterocycles. The van der Waals surface area contributed by atoms with Gasteiger partial charge in [0.1, 0.15) is 17.4 Å². The van der Waals surface area contributed by atoms with Gasteiger partial charge in [-0.3, -0.25) is 4.90 Å². The summed E-state index contributed by atoms with van der Waals surface area (Å²) in [5.74, 6) is 0.599. The maximum Gasteiger partial charge on any atom is 0.127 e. The van der Waals surface area contributed by atoms with Crippen LogP contribution in [0.5, 0.6) is 5.75 Å². The molecule has 1 saturated heterocycles. The van der Waals surface area contributed by atoms with Crippen molar-refractivity contribution >= 4 is 5.82 Å². The Morgan fingerprint density at radius 2 is 1.90 bits per heavy atom. The highest BCUT2D eigenvalue weighted by Crippen LogP contribution is 2.33. The van der Waals surface area contributed by atoms with E-state index in [9.17, 15) is 9.50 Å². The van der Waals surface area contributed by atoms with Crippen LogP contribution in [0.2, 0.25) is 0 Å². The highest BCUT2D eigenvalue weighted by molar-refractivity contribution is 5.76. The van der Waals surface area contributed by atoms with Crippen molar-refractivity contribution in [2.24, 2.45) is 0 Å². The Morgan fingerprint density at radius 1 is 1.06 bits per heavy atom. The predicted molar refractivity (Wildman–Crippen MR) is 122 cm³/mol. The fourth-order valence-electron chi connectivity index (χ4n) is 3.79. The van der Waals surface area contributed by atoms with Crippen LogP contribution in [0.15, 0.2) is 54.6 Å². The van der Waals surface area contributed by atoms with Crippen molar-refractivity contribution in [2.75, 3.05) is 44.7 Å². The Bertz CT molecular complexity index is 1040. The van der Waals surface area contributed by atoms with Crippen molar-refractivity contribution in [3.63, 3.8) is 0 Å². The third-order valence-corrected chi connectivity index (χ3v) is 5.47. The van der Waals surface area contributed by atoms with Crippen molar-refractivity contribution in [1.82, 2.24) is 9.88 Å². The first-order valence-electron chi connectivity index (χ1n) is 10.7. The zero-order valence-corrected chi connectivity index (χ0v) is 17.8. The van der Waals surface area contributed by atoms with Gasteiger partial charge in [0.15, 0.2) is 0 Å². The number of halogens is 1. The number of hydrogen-bond donors (Lipinski definition) is 2. The standard InChI is InChI=1S/C25H28FN3O2/c1-18-6-7-24(30)22(14-18)23-16-20(19-4-2-5-21(26)15-19)17-25(28-23)27-8-3-9-29-10-12-31-13-11-29/h2,4-7,14-17,30H,3,8-13H2,1H3,(H,27,28). The lowest BCUT2D eigenvalue weighted by atomic mass is 10.0. The topological polar surface area (TPSA) is 57.6 Å². The first kappa shape index (κ1) is 21.3. The molecule has 2 N–H and O–H groups in total. The van der Waals surface area contributed by atoms with Crippen molar-refractivity contribution in [3.05, 3.63) is 66.0 Å². The molecule has 1 aliphatic rings. The molecule has 1 fully saturated rings. The van der Waals surface area contributed by atoms with Crippen LogP contribution >= 0.6 is 0 Å². The van der Waals surface area contributed by atoms with E-state index in [0.717, 1.165) is 62.5 Å². The molecular formula is C25H28FN3O2. The fourth-order valence-corrected chi connectivity index (χ4v) is 3.79. The van der Waals surface area contributed by atoms with Gasteiger partial charge < -0.3 is 15.2 Å².